The summed E-state index contributed by atoms with van der Waals surface area (Å²) in [4.78, 5) is 24.4. The molecule has 2 aromatic heterocycles. The van der Waals surface area contributed by atoms with Crippen molar-refractivity contribution < 1.29 is 9.90 Å². The lowest BCUT2D eigenvalue weighted by Gasteiger charge is -2.16. The second-order valence-electron chi connectivity index (χ2n) is 5.33. The van der Waals surface area contributed by atoms with Crippen LogP contribution in [0.1, 0.15) is 38.8 Å². The minimum atomic E-state index is -0.861. The van der Waals surface area contributed by atoms with E-state index in [1.165, 1.54) is 0 Å². The van der Waals surface area contributed by atoms with Gasteiger partial charge in [0.1, 0.15) is 11.9 Å². The van der Waals surface area contributed by atoms with Crippen molar-refractivity contribution >= 4 is 11.8 Å². The van der Waals surface area contributed by atoms with Gasteiger partial charge in [0, 0.05) is 29.7 Å². The molecule has 6 heteroatoms. The fourth-order valence-corrected chi connectivity index (χ4v) is 2.23. The molecule has 6 nitrogen and oxygen atoms in total. The van der Waals surface area contributed by atoms with Gasteiger partial charge < -0.3 is 10.4 Å². The smallest absolute Gasteiger partial charge is 0.326 e. The van der Waals surface area contributed by atoms with E-state index in [-0.39, 0.29) is 0 Å². The quantitative estimate of drug-likeness (QED) is 0.778. The molecule has 0 aromatic carbocycles. The number of nitrogens with one attached hydrogen (secondary N) is 1. The minimum absolute atomic E-state index is 0.548. The van der Waals surface area contributed by atoms with E-state index in [1.807, 2.05) is 32.0 Å². The van der Waals surface area contributed by atoms with Crippen LogP contribution in [0.15, 0.2) is 30.6 Å². The summed E-state index contributed by atoms with van der Waals surface area (Å²) >= 11 is 0. The largest absolute Gasteiger partial charge is 0.480 e. The van der Waals surface area contributed by atoms with E-state index in [9.17, 15) is 9.90 Å². The molecule has 23 heavy (non-hydrogen) atoms. The van der Waals surface area contributed by atoms with Gasteiger partial charge in [0.25, 0.3) is 0 Å². The number of pyridine rings is 1. The molecule has 2 rings (SSSR count). The summed E-state index contributed by atoms with van der Waals surface area (Å²) in [5.41, 5.74) is 1.73. The van der Waals surface area contributed by atoms with Crippen molar-refractivity contribution in [3.63, 3.8) is 0 Å². The van der Waals surface area contributed by atoms with Crippen LogP contribution >= 0.6 is 0 Å². The van der Waals surface area contributed by atoms with E-state index < -0.39 is 12.0 Å². The number of rotatable bonds is 8. The summed E-state index contributed by atoms with van der Waals surface area (Å²) in [5.74, 6) is 0.265. The molecule has 0 spiro atoms. The topological polar surface area (TPSA) is 88.0 Å². The summed E-state index contributed by atoms with van der Waals surface area (Å²) in [6, 6.07) is 4.85. The minimum Gasteiger partial charge on any atom is -0.480 e. The van der Waals surface area contributed by atoms with Gasteiger partial charge in [-0.15, -0.1) is 0 Å². The Kier molecular flexibility index (Phi) is 6.02. The number of hydrogen-bond donors (Lipinski definition) is 2. The first-order valence-corrected chi connectivity index (χ1v) is 7.91. The molecule has 1 unspecified atom stereocenters. The van der Waals surface area contributed by atoms with Gasteiger partial charge >= 0.3 is 5.97 Å². The fourth-order valence-electron chi connectivity index (χ4n) is 2.23. The van der Waals surface area contributed by atoms with Crippen LogP contribution in [-0.4, -0.2) is 32.1 Å². The Balaban J connectivity index is 2.29. The Morgan fingerprint density at radius 2 is 2.00 bits per heavy atom. The average molecular weight is 314 g/mol. The van der Waals surface area contributed by atoms with Gasteiger partial charge in [-0.2, -0.15) is 0 Å². The molecule has 2 aromatic rings. The highest BCUT2D eigenvalue weighted by Crippen LogP contribution is 2.19. The zero-order chi connectivity index (χ0) is 16.7. The van der Waals surface area contributed by atoms with Crippen LogP contribution in [0.2, 0.25) is 0 Å². The lowest BCUT2D eigenvalue weighted by Crippen LogP contribution is -2.29. The SMILES string of the molecule is CCCCC(Nc1cc(CC)nc(-c2ccncc2)n1)C(=O)O. The van der Waals surface area contributed by atoms with Gasteiger partial charge in [-0.1, -0.05) is 26.7 Å². The van der Waals surface area contributed by atoms with Gasteiger partial charge in [0.2, 0.25) is 0 Å². The van der Waals surface area contributed by atoms with E-state index in [0.29, 0.717) is 18.1 Å². The molecular weight excluding hydrogens is 292 g/mol. The highest BCUT2D eigenvalue weighted by atomic mass is 16.4. The first kappa shape index (κ1) is 16.9. The zero-order valence-corrected chi connectivity index (χ0v) is 13.5. The number of aromatic nitrogens is 3. The Hall–Kier alpha value is -2.50. The number of carboxylic acid groups (broad SMARTS) is 1. The molecule has 0 fully saturated rings. The number of carbonyl (C=O) groups is 1. The molecule has 122 valence electrons. The van der Waals surface area contributed by atoms with Crippen LogP contribution in [0.3, 0.4) is 0 Å². The molecule has 2 heterocycles. The van der Waals surface area contributed by atoms with Crippen LogP contribution in [0.25, 0.3) is 11.4 Å². The lowest BCUT2D eigenvalue weighted by molar-refractivity contribution is -0.138. The first-order chi connectivity index (χ1) is 11.1. The third kappa shape index (κ3) is 4.74. The van der Waals surface area contributed by atoms with Crippen molar-refractivity contribution in [2.24, 2.45) is 0 Å². The molecule has 0 amide bonds. The summed E-state index contributed by atoms with van der Waals surface area (Å²) in [6.07, 6.45) is 6.51. The van der Waals surface area contributed by atoms with Gasteiger partial charge in [0.05, 0.1) is 0 Å². The fraction of sp³-hybridized carbons (Fsp3) is 0.412. The number of anilines is 1. The van der Waals surface area contributed by atoms with Crippen LogP contribution in [0, 0.1) is 0 Å². The Labute approximate surface area is 136 Å². The van der Waals surface area contributed by atoms with Crippen molar-refractivity contribution in [1.29, 1.82) is 0 Å². The predicted molar refractivity (Wildman–Crippen MR) is 89.2 cm³/mol. The first-order valence-electron chi connectivity index (χ1n) is 7.91. The average Bonchev–Trinajstić information content (AvgIpc) is 2.58. The third-order valence-electron chi connectivity index (χ3n) is 3.55. The van der Waals surface area contributed by atoms with Crippen molar-refractivity contribution in [1.82, 2.24) is 15.0 Å². The molecule has 0 saturated carbocycles. The standard InChI is InChI=1S/C17H22N4O2/c1-3-5-6-14(17(22)23)20-15-11-13(4-2)19-16(21-15)12-7-9-18-10-8-12/h7-11,14H,3-6H2,1-2H3,(H,22,23)(H,19,20,21). The summed E-state index contributed by atoms with van der Waals surface area (Å²) < 4.78 is 0. The third-order valence-corrected chi connectivity index (χ3v) is 3.55. The molecule has 2 N–H and O–H groups in total. The van der Waals surface area contributed by atoms with Gasteiger partial charge in [0.15, 0.2) is 5.82 Å². The van der Waals surface area contributed by atoms with E-state index >= 15 is 0 Å². The number of hydrogen-bond acceptors (Lipinski definition) is 5. The number of nitrogens with zero attached hydrogens (tertiary/aromatic N) is 3. The number of aryl methyl sites for hydroxylation is 1. The second kappa shape index (κ2) is 8.22. The van der Waals surface area contributed by atoms with Crippen molar-refractivity contribution in [2.75, 3.05) is 5.32 Å². The van der Waals surface area contributed by atoms with Crippen molar-refractivity contribution in [3.05, 3.63) is 36.3 Å². The molecule has 0 radical (unpaired) electrons. The van der Waals surface area contributed by atoms with Gasteiger partial charge in [-0.05, 0) is 25.0 Å². The Bertz CT molecular complexity index is 646. The molecular formula is C17H22N4O2. The maximum absolute atomic E-state index is 11.4. The van der Waals surface area contributed by atoms with E-state index in [1.54, 1.807) is 12.4 Å². The van der Waals surface area contributed by atoms with Crippen molar-refractivity contribution in [2.45, 2.75) is 45.6 Å². The Morgan fingerprint density at radius 1 is 1.26 bits per heavy atom. The van der Waals surface area contributed by atoms with Crippen LogP contribution in [-0.2, 0) is 11.2 Å². The van der Waals surface area contributed by atoms with Crippen LogP contribution in [0.4, 0.5) is 5.82 Å². The van der Waals surface area contributed by atoms with E-state index in [0.717, 1.165) is 30.5 Å². The Morgan fingerprint density at radius 3 is 2.61 bits per heavy atom. The number of aliphatic carboxylic acids is 1. The molecule has 0 aliphatic rings. The maximum Gasteiger partial charge on any atom is 0.326 e. The van der Waals surface area contributed by atoms with Crippen LogP contribution in [0.5, 0.6) is 0 Å². The molecule has 0 saturated heterocycles. The van der Waals surface area contributed by atoms with Crippen LogP contribution < -0.4 is 5.32 Å². The monoisotopic (exact) mass is 314 g/mol. The van der Waals surface area contributed by atoms with E-state index in [2.05, 4.69) is 20.3 Å². The molecule has 0 aliphatic heterocycles. The summed E-state index contributed by atoms with van der Waals surface area (Å²) in [5, 5.41) is 12.4. The zero-order valence-electron chi connectivity index (χ0n) is 13.5. The highest BCUT2D eigenvalue weighted by Gasteiger charge is 2.18. The summed E-state index contributed by atoms with van der Waals surface area (Å²) in [7, 11) is 0. The summed E-state index contributed by atoms with van der Waals surface area (Å²) in [6.45, 7) is 4.05. The predicted octanol–water partition coefficient (Wildman–Crippen LogP) is 3.16. The maximum atomic E-state index is 11.4. The second-order valence-corrected chi connectivity index (χ2v) is 5.33. The molecule has 1 atom stereocenters. The lowest BCUT2D eigenvalue weighted by atomic mass is 10.1. The van der Waals surface area contributed by atoms with Gasteiger partial charge in [-0.3, -0.25) is 4.98 Å². The normalized spacial score (nSPS) is 11.9. The van der Waals surface area contributed by atoms with Gasteiger partial charge in [-0.25, -0.2) is 14.8 Å². The number of carboxylic acids is 1. The molecule has 0 bridgehead atoms. The highest BCUT2D eigenvalue weighted by molar-refractivity contribution is 5.77. The van der Waals surface area contributed by atoms with Crippen molar-refractivity contribution in [3.8, 4) is 11.4 Å². The number of unbranched alkanes of at least 4 members (excludes halogenated alkanes) is 1. The van der Waals surface area contributed by atoms with E-state index in [4.69, 9.17) is 0 Å². The molecule has 0 aliphatic carbocycles.